The van der Waals surface area contributed by atoms with Gasteiger partial charge < -0.3 is 20.5 Å². The summed E-state index contributed by atoms with van der Waals surface area (Å²) in [4.78, 5) is 12.1. The van der Waals surface area contributed by atoms with Crippen molar-refractivity contribution in [1.29, 1.82) is 0 Å². The molecular formula is C20H19F6N5O3. The highest BCUT2D eigenvalue weighted by Crippen LogP contribution is 2.35. The number of nitrogens with two attached hydrogens (primary N) is 1. The summed E-state index contributed by atoms with van der Waals surface area (Å²) in [5, 5.41) is 3.28. The van der Waals surface area contributed by atoms with E-state index in [0.29, 0.717) is 16.7 Å². The lowest BCUT2D eigenvalue weighted by atomic mass is 10.2. The first-order valence-corrected chi connectivity index (χ1v) is 9.63. The molecule has 0 spiro atoms. The average Bonchev–Trinajstić information content (AvgIpc) is 2.73. The van der Waals surface area contributed by atoms with Gasteiger partial charge in [-0.1, -0.05) is 0 Å². The number of nitrogen functional groups attached to an aromatic ring is 1. The highest BCUT2D eigenvalue weighted by Gasteiger charge is 2.33. The number of methoxy groups -OCH3 is 1. The Balaban J connectivity index is 1.88. The number of nitrogens with one attached hydrogen (secondary N) is 1. The summed E-state index contributed by atoms with van der Waals surface area (Å²) in [6, 6.07) is 4.95. The molecule has 2 aromatic heterocycles. The van der Waals surface area contributed by atoms with Gasteiger partial charge in [-0.25, -0.2) is 15.0 Å². The fourth-order valence-corrected chi connectivity index (χ4v) is 2.99. The monoisotopic (exact) mass is 491 g/mol. The van der Waals surface area contributed by atoms with Crippen molar-refractivity contribution in [3.63, 3.8) is 0 Å². The number of hydrogen-bond acceptors (Lipinski definition) is 8. The Kier molecular flexibility index (Phi) is 7.19. The Morgan fingerprint density at radius 2 is 1.68 bits per heavy atom. The van der Waals surface area contributed by atoms with Gasteiger partial charge in [0, 0.05) is 17.1 Å². The molecule has 0 aliphatic heterocycles. The molecule has 3 aromatic rings. The number of halogens is 6. The number of aromatic nitrogens is 3. The first-order valence-electron chi connectivity index (χ1n) is 9.63. The minimum absolute atomic E-state index is 0.0195. The highest BCUT2D eigenvalue weighted by atomic mass is 19.4. The predicted octanol–water partition coefficient (Wildman–Crippen LogP) is 4.47. The molecule has 34 heavy (non-hydrogen) atoms. The normalized spacial score (nSPS) is 12.1. The minimum atomic E-state index is -4.79. The smallest absolute Gasteiger partial charge is 0.493 e. The van der Waals surface area contributed by atoms with Crippen LogP contribution in [0.3, 0.4) is 0 Å². The summed E-state index contributed by atoms with van der Waals surface area (Å²) in [5.74, 6) is 0.883. The van der Waals surface area contributed by atoms with Gasteiger partial charge in [0.2, 0.25) is 0 Å². The van der Waals surface area contributed by atoms with Crippen molar-refractivity contribution < 1.29 is 40.6 Å². The lowest BCUT2D eigenvalue weighted by Gasteiger charge is -2.15. The molecule has 0 aliphatic carbocycles. The van der Waals surface area contributed by atoms with E-state index in [-0.39, 0.29) is 35.2 Å². The third-order valence-electron chi connectivity index (χ3n) is 4.33. The van der Waals surface area contributed by atoms with Gasteiger partial charge in [0.15, 0.2) is 11.5 Å². The predicted molar refractivity (Wildman–Crippen MR) is 109 cm³/mol. The van der Waals surface area contributed by atoms with Crippen LogP contribution in [-0.4, -0.2) is 41.6 Å². The lowest BCUT2D eigenvalue weighted by molar-refractivity contribution is -0.325. The van der Waals surface area contributed by atoms with E-state index in [1.54, 1.807) is 6.92 Å². The summed E-state index contributed by atoms with van der Waals surface area (Å²) in [5.41, 5.74) is 4.76. The molecule has 0 unspecified atom stereocenters. The number of hydrogen-bond donors (Lipinski definition) is 2. The fourth-order valence-electron chi connectivity index (χ4n) is 2.99. The van der Waals surface area contributed by atoms with Gasteiger partial charge >= 0.3 is 12.5 Å². The van der Waals surface area contributed by atoms with Crippen LogP contribution in [-0.2, 0) is 17.5 Å². The Bertz CT molecular complexity index is 1170. The van der Waals surface area contributed by atoms with Crippen LogP contribution in [0, 0.1) is 6.92 Å². The van der Waals surface area contributed by atoms with Crippen molar-refractivity contribution in [2.24, 2.45) is 0 Å². The molecule has 8 nitrogen and oxygen atoms in total. The Labute approximate surface area is 189 Å². The van der Waals surface area contributed by atoms with Gasteiger partial charge in [0.05, 0.1) is 31.5 Å². The maximum Gasteiger partial charge on any atom is 0.522 e. The average molecular weight is 491 g/mol. The van der Waals surface area contributed by atoms with Crippen molar-refractivity contribution in [2.45, 2.75) is 26.0 Å². The molecule has 0 saturated heterocycles. The van der Waals surface area contributed by atoms with Crippen LogP contribution < -0.4 is 20.5 Å². The van der Waals surface area contributed by atoms with E-state index in [1.165, 1.54) is 25.3 Å². The van der Waals surface area contributed by atoms with Gasteiger partial charge in [-0.3, -0.25) is 4.74 Å². The molecule has 2 heterocycles. The summed E-state index contributed by atoms with van der Waals surface area (Å²) in [6.45, 7) is 0.283. The summed E-state index contributed by atoms with van der Waals surface area (Å²) >= 11 is 0. The van der Waals surface area contributed by atoms with Gasteiger partial charge in [0.1, 0.15) is 23.9 Å². The number of benzene rings is 1. The van der Waals surface area contributed by atoms with E-state index in [9.17, 15) is 26.3 Å². The molecule has 3 N–H and O–H groups in total. The second kappa shape index (κ2) is 9.75. The first-order chi connectivity index (χ1) is 15.9. The Morgan fingerprint density at radius 1 is 0.941 bits per heavy atom. The number of anilines is 2. The molecule has 14 heteroatoms. The molecule has 0 radical (unpaired) electrons. The van der Waals surface area contributed by atoms with E-state index >= 15 is 0 Å². The zero-order valence-corrected chi connectivity index (χ0v) is 17.8. The van der Waals surface area contributed by atoms with Crippen LogP contribution >= 0.6 is 0 Å². The number of fused-ring (bicyclic) bond motifs is 1. The molecule has 0 atom stereocenters. The number of ether oxygens (including phenoxy) is 3. The largest absolute Gasteiger partial charge is 0.522 e. The van der Waals surface area contributed by atoms with Crippen molar-refractivity contribution in [2.75, 3.05) is 31.4 Å². The first kappa shape index (κ1) is 25.1. The second-order valence-electron chi connectivity index (χ2n) is 6.91. The maximum absolute atomic E-state index is 13.0. The number of aryl methyl sites for hydroxylation is 1. The molecule has 3 rings (SSSR count). The second-order valence-corrected chi connectivity index (χ2v) is 6.91. The summed E-state index contributed by atoms with van der Waals surface area (Å²) in [6.07, 6.45) is -9.46. The lowest BCUT2D eigenvalue weighted by Crippen LogP contribution is -2.18. The fraction of sp³-hybridized carbons (Fsp3) is 0.350. The van der Waals surface area contributed by atoms with Crippen molar-refractivity contribution in [1.82, 2.24) is 15.0 Å². The maximum atomic E-state index is 13.0. The van der Waals surface area contributed by atoms with Crippen LogP contribution in [0.1, 0.15) is 17.2 Å². The summed E-state index contributed by atoms with van der Waals surface area (Å²) < 4.78 is 89.8. The van der Waals surface area contributed by atoms with E-state index in [1.807, 2.05) is 0 Å². The van der Waals surface area contributed by atoms with Crippen LogP contribution in [0.2, 0.25) is 0 Å². The summed E-state index contributed by atoms with van der Waals surface area (Å²) in [7, 11) is 1.34. The van der Waals surface area contributed by atoms with Crippen LogP contribution in [0.5, 0.6) is 11.5 Å². The Hall–Kier alpha value is -3.55. The molecule has 0 fully saturated rings. The van der Waals surface area contributed by atoms with Gasteiger partial charge in [-0.2, -0.15) is 13.2 Å². The van der Waals surface area contributed by atoms with Crippen molar-refractivity contribution >= 4 is 22.4 Å². The molecule has 0 amide bonds. The zero-order chi connectivity index (χ0) is 25.1. The standard InChI is InChI=1S/C20H19F6N5O3/c1-10-29-14-8-15(32-2)16(33-3-4-34-20(24,25)26)7-13(14)18(30-10)28-9-12-5-11(27)6-17(31-12)19(21,22)23/h5-8H,3-4,9H2,1-2H3,(H2,27,31)(H,28,29,30). The van der Waals surface area contributed by atoms with E-state index in [0.717, 1.165) is 6.07 Å². The number of nitrogens with zero attached hydrogens (tertiary/aromatic N) is 3. The molecule has 0 bridgehead atoms. The quantitative estimate of drug-likeness (QED) is 0.352. The third-order valence-corrected chi connectivity index (χ3v) is 4.33. The van der Waals surface area contributed by atoms with Gasteiger partial charge in [0.25, 0.3) is 0 Å². The molecule has 184 valence electrons. The molecule has 0 aliphatic rings. The minimum Gasteiger partial charge on any atom is -0.493 e. The van der Waals surface area contributed by atoms with Crippen LogP contribution in [0.15, 0.2) is 24.3 Å². The molecule has 0 saturated carbocycles. The molecular weight excluding hydrogens is 472 g/mol. The van der Waals surface area contributed by atoms with Crippen molar-refractivity contribution in [3.8, 4) is 11.5 Å². The van der Waals surface area contributed by atoms with Crippen LogP contribution in [0.25, 0.3) is 10.9 Å². The highest BCUT2D eigenvalue weighted by molar-refractivity contribution is 5.91. The molecule has 1 aromatic carbocycles. The third kappa shape index (κ3) is 6.50. The van der Waals surface area contributed by atoms with E-state index in [2.05, 4.69) is 25.0 Å². The van der Waals surface area contributed by atoms with Gasteiger partial charge in [-0.15, -0.1) is 13.2 Å². The number of rotatable bonds is 8. The topological polar surface area (TPSA) is 104 Å². The van der Waals surface area contributed by atoms with Crippen molar-refractivity contribution in [3.05, 3.63) is 41.5 Å². The number of pyridine rings is 1. The van der Waals surface area contributed by atoms with E-state index in [4.69, 9.17) is 15.2 Å². The SMILES string of the molecule is COc1cc2nc(C)nc(NCc3cc(N)cc(C(F)(F)F)n3)c2cc1OCCOC(F)(F)F. The zero-order valence-electron chi connectivity index (χ0n) is 17.8. The Morgan fingerprint density at radius 3 is 2.32 bits per heavy atom. The van der Waals surface area contributed by atoms with E-state index < -0.39 is 31.4 Å². The van der Waals surface area contributed by atoms with Crippen LogP contribution in [0.4, 0.5) is 37.8 Å². The van der Waals surface area contributed by atoms with Gasteiger partial charge in [-0.05, 0) is 25.1 Å². The number of alkyl halides is 6.